The van der Waals surface area contributed by atoms with Crippen molar-refractivity contribution in [3.05, 3.63) is 35.9 Å². The zero-order valence-corrected chi connectivity index (χ0v) is 12.0. The summed E-state index contributed by atoms with van der Waals surface area (Å²) in [6.07, 6.45) is 2.59. The van der Waals surface area contributed by atoms with Crippen LogP contribution in [0.1, 0.15) is 11.5 Å². The molecular weight excluding hydrogens is 266 g/mol. The van der Waals surface area contributed by atoms with E-state index in [4.69, 9.17) is 5.73 Å². The molecule has 7 nitrogen and oxygen atoms in total. The Balaban J connectivity index is 1.82. The third kappa shape index (κ3) is 2.62. The molecule has 0 saturated carbocycles. The zero-order chi connectivity index (χ0) is 14.8. The number of nitrogens with zero attached hydrogens (tertiary/aromatic N) is 5. The van der Waals surface area contributed by atoms with Crippen molar-refractivity contribution < 1.29 is 0 Å². The van der Waals surface area contributed by atoms with Crippen LogP contribution in [0, 0.1) is 6.92 Å². The molecule has 0 atom stereocenters. The molecule has 0 spiro atoms. The average Bonchev–Trinajstić information content (AvgIpc) is 2.76. The summed E-state index contributed by atoms with van der Waals surface area (Å²) in [6, 6.07) is 5.88. The molecule has 21 heavy (non-hydrogen) atoms. The lowest BCUT2D eigenvalue weighted by atomic mass is 10.3. The topological polar surface area (TPSA) is 94.5 Å². The number of nitrogen functional groups attached to an aromatic ring is 1. The van der Waals surface area contributed by atoms with Crippen molar-refractivity contribution in [2.24, 2.45) is 7.05 Å². The van der Waals surface area contributed by atoms with Gasteiger partial charge in [0.15, 0.2) is 17.0 Å². The minimum atomic E-state index is 0.242. The Morgan fingerprint density at radius 2 is 2.10 bits per heavy atom. The van der Waals surface area contributed by atoms with Crippen LogP contribution >= 0.6 is 0 Å². The third-order valence-electron chi connectivity index (χ3n) is 3.36. The highest BCUT2D eigenvalue weighted by molar-refractivity contribution is 5.84. The van der Waals surface area contributed by atoms with Gasteiger partial charge in [0.25, 0.3) is 0 Å². The Morgan fingerprint density at radius 1 is 1.24 bits per heavy atom. The molecule has 0 fully saturated rings. The highest BCUT2D eigenvalue weighted by Crippen LogP contribution is 2.20. The fourth-order valence-corrected chi connectivity index (χ4v) is 2.16. The van der Waals surface area contributed by atoms with E-state index in [1.54, 1.807) is 6.20 Å². The molecule has 0 unspecified atom stereocenters. The van der Waals surface area contributed by atoms with Gasteiger partial charge in [-0.15, -0.1) is 0 Å². The van der Waals surface area contributed by atoms with E-state index in [-0.39, 0.29) is 5.95 Å². The monoisotopic (exact) mass is 283 g/mol. The van der Waals surface area contributed by atoms with Crippen molar-refractivity contribution in [1.82, 2.24) is 24.5 Å². The van der Waals surface area contributed by atoms with Crippen LogP contribution < -0.4 is 11.1 Å². The van der Waals surface area contributed by atoms with E-state index in [1.807, 2.05) is 36.7 Å². The first-order chi connectivity index (χ1) is 10.1. The second kappa shape index (κ2) is 5.35. The van der Waals surface area contributed by atoms with Gasteiger partial charge in [-0.05, 0) is 19.1 Å². The molecule has 3 heterocycles. The first kappa shape index (κ1) is 13.3. The summed E-state index contributed by atoms with van der Waals surface area (Å²) >= 11 is 0. The minimum absolute atomic E-state index is 0.242. The van der Waals surface area contributed by atoms with Gasteiger partial charge in [0.1, 0.15) is 5.82 Å². The van der Waals surface area contributed by atoms with E-state index in [9.17, 15) is 0 Å². The SMILES string of the molecule is Cc1nc2c(NCCc3ccccn3)nc(N)nc2n1C. The van der Waals surface area contributed by atoms with Crippen molar-refractivity contribution in [2.45, 2.75) is 13.3 Å². The van der Waals surface area contributed by atoms with Crippen molar-refractivity contribution in [2.75, 3.05) is 17.6 Å². The van der Waals surface area contributed by atoms with E-state index in [2.05, 4.69) is 25.3 Å². The molecule has 0 radical (unpaired) electrons. The fourth-order valence-electron chi connectivity index (χ4n) is 2.16. The van der Waals surface area contributed by atoms with Crippen LogP contribution in [0.15, 0.2) is 24.4 Å². The number of nitrogens with one attached hydrogen (secondary N) is 1. The largest absolute Gasteiger partial charge is 0.368 e. The molecule has 0 saturated heterocycles. The number of fused-ring (bicyclic) bond motifs is 1. The zero-order valence-electron chi connectivity index (χ0n) is 12.0. The maximum atomic E-state index is 5.77. The molecule has 0 bridgehead atoms. The molecule has 3 aromatic heterocycles. The second-order valence-electron chi connectivity index (χ2n) is 4.82. The van der Waals surface area contributed by atoms with Gasteiger partial charge in [-0.2, -0.15) is 9.97 Å². The molecule has 7 heteroatoms. The normalized spacial score (nSPS) is 11.0. The summed E-state index contributed by atoms with van der Waals surface area (Å²) in [5.74, 6) is 1.78. The summed E-state index contributed by atoms with van der Waals surface area (Å²) < 4.78 is 1.90. The first-order valence-electron chi connectivity index (χ1n) is 6.75. The maximum absolute atomic E-state index is 5.77. The summed E-state index contributed by atoms with van der Waals surface area (Å²) in [7, 11) is 1.91. The van der Waals surface area contributed by atoms with E-state index < -0.39 is 0 Å². The summed E-state index contributed by atoms with van der Waals surface area (Å²) in [4.78, 5) is 17.3. The van der Waals surface area contributed by atoms with Crippen LogP contribution in [0.3, 0.4) is 0 Å². The van der Waals surface area contributed by atoms with Gasteiger partial charge in [-0.1, -0.05) is 6.07 Å². The number of rotatable bonds is 4. The predicted octanol–water partition coefficient (Wildman–Crippen LogP) is 1.30. The summed E-state index contributed by atoms with van der Waals surface area (Å²) in [5.41, 5.74) is 8.28. The number of hydrogen-bond donors (Lipinski definition) is 2. The Labute approximate surface area is 122 Å². The highest BCUT2D eigenvalue weighted by atomic mass is 15.2. The van der Waals surface area contributed by atoms with Crippen molar-refractivity contribution in [3.63, 3.8) is 0 Å². The minimum Gasteiger partial charge on any atom is -0.368 e. The van der Waals surface area contributed by atoms with Gasteiger partial charge in [0, 0.05) is 31.9 Å². The fraction of sp³-hybridized carbons (Fsp3) is 0.286. The number of anilines is 2. The molecule has 3 aromatic rings. The number of nitrogens with two attached hydrogens (primary N) is 1. The van der Waals surface area contributed by atoms with Crippen LogP contribution in [0.2, 0.25) is 0 Å². The number of pyridine rings is 1. The number of aryl methyl sites for hydroxylation is 2. The lowest BCUT2D eigenvalue weighted by molar-refractivity contribution is 0.873. The molecule has 3 N–H and O–H groups in total. The average molecular weight is 283 g/mol. The first-order valence-corrected chi connectivity index (χ1v) is 6.75. The number of hydrogen-bond acceptors (Lipinski definition) is 6. The molecule has 3 rings (SSSR count). The van der Waals surface area contributed by atoms with Gasteiger partial charge >= 0.3 is 0 Å². The van der Waals surface area contributed by atoms with Crippen LogP contribution in [-0.4, -0.2) is 31.0 Å². The predicted molar refractivity (Wildman–Crippen MR) is 81.9 cm³/mol. The van der Waals surface area contributed by atoms with Crippen LogP contribution in [0.25, 0.3) is 11.2 Å². The smallest absolute Gasteiger partial charge is 0.224 e. The maximum Gasteiger partial charge on any atom is 0.224 e. The molecule has 0 aliphatic carbocycles. The van der Waals surface area contributed by atoms with E-state index >= 15 is 0 Å². The lowest BCUT2D eigenvalue weighted by Crippen LogP contribution is -2.09. The highest BCUT2D eigenvalue weighted by Gasteiger charge is 2.12. The van der Waals surface area contributed by atoms with Crippen LogP contribution in [0.4, 0.5) is 11.8 Å². The van der Waals surface area contributed by atoms with Crippen molar-refractivity contribution >= 4 is 22.9 Å². The Hall–Kier alpha value is -2.70. The Kier molecular flexibility index (Phi) is 3.39. The molecular formula is C14H17N7. The van der Waals surface area contributed by atoms with Crippen LogP contribution in [-0.2, 0) is 13.5 Å². The van der Waals surface area contributed by atoms with Gasteiger partial charge in [0.2, 0.25) is 5.95 Å². The summed E-state index contributed by atoms with van der Waals surface area (Å²) in [5, 5.41) is 3.27. The quantitative estimate of drug-likeness (QED) is 0.749. The van der Waals surface area contributed by atoms with E-state index in [0.717, 1.165) is 29.1 Å². The third-order valence-corrected chi connectivity index (χ3v) is 3.36. The van der Waals surface area contributed by atoms with Gasteiger partial charge < -0.3 is 15.6 Å². The molecule has 0 aromatic carbocycles. The standard InChI is InChI=1S/C14H17N7/c1-9-18-11-12(19-14(15)20-13(11)21(9)2)17-8-6-10-5-3-4-7-16-10/h3-5,7H,6,8H2,1-2H3,(H3,15,17,19,20). The Morgan fingerprint density at radius 3 is 2.86 bits per heavy atom. The molecule has 0 aliphatic rings. The van der Waals surface area contributed by atoms with Gasteiger partial charge in [-0.25, -0.2) is 4.98 Å². The number of imidazole rings is 1. The van der Waals surface area contributed by atoms with Gasteiger partial charge in [0.05, 0.1) is 0 Å². The van der Waals surface area contributed by atoms with Crippen LogP contribution in [0.5, 0.6) is 0 Å². The van der Waals surface area contributed by atoms with Crippen molar-refractivity contribution in [3.8, 4) is 0 Å². The molecule has 0 amide bonds. The Bertz CT molecular complexity index is 764. The van der Waals surface area contributed by atoms with E-state index in [1.165, 1.54) is 0 Å². The van der Waals surface area contributed by atoms with Gasteiger partial charge in [-0.3, -0.25) is 4.98 Å². The molecule has 0 aliphatic heterocycles. The van der Waals surface area contributed by atoms with E-state index in [0.29, 0.717) is 12.4 Å². The lowest BCUT2D eigenvalue weighted by Gasteiger charge is -2.06. The summed E-state index contributed by atoms with van der Waals surface area (Å²) in [6.45, 7) is 2.63. The second-order valence-corrected chi connectivity index (χ2v) is 4.82. The van der Waals surface area contributed by atoms with Crippen molar-refractivity contribution in [1.29, 1.82) is 0 Å². The molecule has 108 valence electrons. The number of aromatic nitrogens is 5.